The maximum absolute atomic E-state index is 12.8. The Morgan fingerprint density at radius 2 is 1.89 bits per heavy atom. The molecule has 1 atom stereocenters. The number of ketones is 1. The molecule has 1 N–H and O–H groups in total. The molecule has 3 aromatic rings. The van der Waals surface area contributed by atoms with Crippen LogP contribution >= 0.6 is 11.6 Å². The summed E-state index contributed by atoms with van der Waals surface area (Å²) in [6, 6.07) is 15.2. The van der Waals surface area contributed by atoms with Crippen molar-refractivity contribution in [3.05, 3.63) is 76.1 Å². The lowest BCUT2D eigenvalue weighted by atomic mass is 9.81. The number of rotatable bonds is 4. The van der Waals surface area contributed by atoms with Crippen molar-refractivity contribution in [1.29, 1.82) is 0 Å². The summed E-state index contributed by atoms with van der Waals surface area (Å²) in [5.74, 6) is 1.42. The number of Topliss-reactive ketones (excluding diaryl/α,β-unsaturated/α-hetero) is 1. The number of fused-ring (bicyclic) bond motifs is 1. The van der Waals surface area contributed by atoms with E-state index in [-0.39, 0.29) is 11.7 Å². The number of hydrogen-bond donors (Lipinski definition) is 1. The summed E-state index contributed by atoms with van der Waals surface area (Å²) in [5.41, 5.74) is 4.06. The first-order valence-electron chi connectivity index (χ1n) is 9.10. The highest BCUT2D eigenvalue weighted by Gasteiger charge is 2.30. The molecule has 0 aliphatic heterocycles. The molecule has 0 saturated carbocycles. The molecule has 1 aromatic heterocycles. The number of ether oxygens (including phenoxy) is 1. The highest BCUT2D eigenvalue weighted by atomic mass is 35.5. The van der Waals surface area contributed by atoms with Gasteiger partial charge in [-0.2, -0.15) is 0 Å². The molecule has 0 bridgehead atoms. The van der Waals surface area contributed by atoms with Crippen molar-refractivity contribution >= 4 is 29.0 Å². The monoisotopic (exact) mass is 393 g/mol. The summed E-state index contributed by atoms with van der Waals surface area (Å²) in [4.78, 5) is 21.9. The van der Waals surface area contributed by atoms with Gasteiger partial charge in [-0.25, -0.2) is 9.97 Å². The Bertz CT molecular complexity index is 1030. The zero-order chi connectivity index (χ0) is 19.7. The van der Waals surface area contributed by atoms with Gasteiger partial charge in [0.05, 0.1) is 24.1 Å². The van der Waals surface area contributed by atoms with E-state index >= 15 is 0 Å². The minimum atomic E-state index is 0.0711. The minimum absolute atomic E-state index is 0.0711. The first kappa shape index (κ1) is 18.4. The van der Waals surface area contributed by atoms with E-state index < -0.39 is 0 Å². The van der Waals surface area contributed by atoms with Crippen LogP contribution in [-0.4, -0.2) is 22.9 Å². The van der Waals surface area contributed by atoms with Crippen molar-refractivity contribution in [2.45, 2.75) is 25.7 Å². The summed E-state index contributed by atoms with van der Waals surface area (Å²) < 4.78 is 5.18. The number of carbonyl (C=O) groups is 1. The van der Waals surface area contributed by atoms with E-state index in [2.05, 4.69) is 15.3 Å². The summed E-state index contributed by atoms with van der Waals surface area (Å²) >= 11 is 6.13. The number of halogens is 1. The molecular weight excluding hydrogens is 374 g/mol. The third kappa shape index (κ3) is 3.71. The normalized spacial score (nSPS) is 15.8. The molecule has 28 heavy (non-hydrogen) atoms. The molecule has 2 aromatic carbocycles. The number of methoxy groups -OCH3 is 1. The van der Waals surface area contributed by atoms with Crippen LogP contribution in [0.15, 0.2) is 48.5 Å². The first-order chi connectivity index (χ1) is 13.5. The van der Waals surface area contributed by atoms with Gasteiger partial charge in [-0.05, 0) is 61.2 Å². The standard InChI is InChI=1S/C22H20ClN3O2/c1-13-21-19(11-15(12-20(21)27)14-4-3-5-16(23)10-14)26-22(24-13)25-17-6-8-18(28-2)9-7-17/h3-10,15H,11-12H2,1-2H3,(H,24,25,26)/t15-/m0/s1. The predicted octanol–water partition coefficient (Wildman–Crippen LogP) is 5.10. The molecule has 0 amide bonds. The first-order valence-corrected chi connectivity index (χ1v) is 9.48. The summed E-state index contributed by atoms with van der Waals surface area (Å²) in [5, 5.41) is 3.89. The molecule has 1 aliphatic carbocycles. The number of benzene rings is 2. The fourth-order valence-electron chi connectivity index (χ4n) is 3.63. The quantitative estimate of drug-likeness (QED) is 0.667. The number of aromatic nitrogens is 2. The highest BCUT2D eigenvalue weighted by Crippen LogP contribution is 2.34. The van der Waals surface area contributed by atoms with E-state index in [1.165, 1.54) is 0 Å². The van der Waals surface area contributed by atoms with Crippen LogP contribution in [0.5, 0.6) is 5.75 Å². The molecule has 5 nitrogen and oxygen atoms in total. The Morgan fingerprint density at radius 1 is 1.11 bits per heavy atom. The van der Waals surface area contributed by atoms with Gasteiger partial charge in [-0.3, -0.25) is 4.79 Å². The van der Waals surface area contributed by atoms with E-state index in [0.717, 1.165) is 22.7 Å². The molecule has 0 spiro atoms. The molecule has 0 saturated heterocycles. The van der Waals surface area contributed by atoms with E-state index in [4.69, 9.17) is 16.3 Å². The fraction of sp³-hybridized carbons (Fsp3) is 0.227. The smallest absolute Gasteiger partial charge is 0.227 e. The Hall–Kier alpha value is -2.92. The lowest BCUT2D eigenvalue weighted by molar-refractivity contribution is 0.0962. The van der Waals surface area contributed by atoms with E-state index in [0.29, 0.717) is 35.1 Å². The molecule has 1 aliphatic rings. The third-order valence-corrected chi connectivity index (χ3v) is 5.22. The van der Waals surface area contributed by atoms with Crippen molar-refractivity contribution in [2.75, 3.05) is 12.4 Å². The Morgan fingerprint density at radius 3 is 2.61 bits per heavy atom. The molecule has 142 valence electrons. The number of nitrogens with one attached hydrogen (secondary N) is 1. The van der Waals surface area contributed by atoms with E-state index in [9.17, 15) is 4.79 Å². The van der Waals surface area contributed by atoms with E-state index in [1.54, 1.807) is 7.11 Å². The predicted molar refractivity (Wildman–Crippen MR) is 110 cm³/mol. The van der Waals surface area contributed by atoms with Crippen molar-refractivity contribution < 1.29 is 9.53 Å². The Balaban J connectivity index is 1.64. The second-order valence-electron chi connectivity index (χ2n) is 6.89. The summed E-state index contributed by atoms with van der Waals surface area (Å²) in [6.45, 7) is 1.86. The summed E-state index contributed by atoms with van der Waals surface area (Å²) in [6.07, 6.45) is 1.13. The van der Waals surface area contributed by atoms with Gasteiger partial charge < -0.3 is 10.1 Å². The maximum Gasteiger partial charge on any atom is 0.227 e. The van der Waals surface area contributed by atoms with Crippen molar-refractivity contribution in [3.63, 3.8) is 0 Å². The van der Waals surface area contributed by atoms with Gasteiger partial charge in [0.2, 0.25) is 5.95 Å². The topological polar surface area (TPSA) is 64.1 Å². The zero-order valence-electron chi connectivity index (χ0n) is 15.7. The second kappa shape index (κ2) is 7.60. The highest BCUT2D eigenvalue weighted by molar-refractivity contribution is 6.30. The lowest BCUT2D eigenvalue weighted by Crippen LogP contribution is -2.22. The van der Waals surface area contributed by atoms with Crippen molar-refractivity contribution in [2.24, 2.45) is 0 Å². The number of hydrogen-bond acceptors (Lipinski definition) is 5. The fourth-order valence-corrected chi connectivity index (χ4v) is 3.83. The van der Waals surface area contributed by atoms with Gasteiger partial charge in [-0.1, -0.05) is 23.7 Å². The Kier molecular flexibility index (Phi) is 5.01. The number of carbonyl (C=O) groups excluding carboxylic acids is 1. The van der Waals surface area contributed by atoms with Crippen LogP contribution in [0, 0.1) is 6.92 Å². The van der Waals surface area contributed by atoms with Gasteiger partial charge in [0.15, 0.2) is 5.78 Å². The van der Waals surface area contributed by atoms with Gasteiger partial charge in [0.1, 0.15) is 5.75 Å². The zero-order valence-corrected chi connectivity index (χ0v) is 16.5. The maximum atomic E-state index is 12.8. The summed E-state index contributed by atoms with van der Waals surface area (Å²) in [7, 11) is 1.63. The van der Waals surface area contributed by atoms with Crippen LogP contribution in [0.3, 0.4) is 0 Å². The van der Waals surface area contributed by atoms with E-state index in [1.807, 2.05) is 55.5 Å². The molecule has 4 rings (SSSR count). The van der Waals surface area contributed by atoms with Gasteiger partial charge in [-0.15, -0.1) is 0 Å². The molecule has 0 unspecified atom stereocenters. The number of anilines is 2. The van der Waals surface area contributed by atoms with Crippen molar-refractivity contribution in [3.8, 4) is 5.75 Å². The molecule has 6 heteroatoms. The van der Waals surface area contributed by atoms with Crippen LogP contribution in [0.4, 0.5) is 11.6 Å². The van der Waals surface area contributed by atoms with Gasteiger partial charge >= 0.3 is 0 Å². The minimum Gasteiger partial charge on any atom is -0.497 e. The number of aryl methyl sites for hydroxylation is 1. The van der Waals surface area contributed by atoms with Crippen LogP contribution < -0.4 is 10.1 Å². The molecule has 0 fully saturated rings. The second-order valence-corrected chi connectivity index (χ2v) is 7.33. The van der Waals surface area contributed by atoms with Crippen molar-refractivity contribution in [1.82, 2.24) is 9.97 Å². The third-order valence-electron chi connectivity index (χ3n) is 4.98. The lowest BCUT2D eigenvalue weighted by Gasteiger charge is -2.24. The molecular formula is C22H20ClN3O2. The largest absolute Gasteiger partial charge is 0.497 e. The molecule has 0 radical (unpaired) electrons. The Labute approximate surface area is 168 Å². The average molecular weight is 394 g/mol. The van der Waals surface area contributed by atoms with Crippen LogP contribution in [-0.2, 0) is 6.42 Å². The van der Waals surface area contributed by atoms with Crippen LogP contribution in [0.25, 0.3) is 0 Å². The van der Waals surface area contributed by atoms with Crippen LogP contribution in [0.2, 0.25) is 5.02 Å². The van der Waals surface area contributed by atoms with Gasteiger partial charge in [0, 0.05) is 17.1 Å². The average Bonchev–Trinajstić information content (AvgIpc) is 2.68. The SMILES string of the molecule is COc1ccc(Nc2nc(C)c3c(n2)C[C@H](c2cccc(Cl)c2)CC3=O)cc1. The molecule has 1 heterocycles. The number of nitrogens with zero attached hydrogens (tertiary/aromatic N) is 2. The van der Waals surface area contributed by atoms with Crippen LogP contribution in [0.1, 0.15) is 39.6 Å². The van der Waals surface area contributed by atoms with Gasteiger partial charge in [0.25, 0.3) is 0 Å².